The number of aliphatic hydroxyl groups is 1. The average molecular weight is 749 g/mol. The molecule has 3 aliphatic rings. The first-order chi connectivity index (χ1) is 25.2. The highest BCUT2D eigenvalue weighted by atomic mass is 32.1. The summed E-state index contributed by atoms with van der Waals surface area (Å²) in [6, 6.07) is 8.87. The maximum Gasteiger partial charge on any atom is 0.410 e. The monoisotopic (exact) mass is 748 g/mol. The highest BCUT2D eigenvalue weighted by Gasteiger charge is 2.44. The Bertz CT molecular complexity index is 1720. The predicted molar refractivity (Wildman–Crippen MR) is 205 cm³/mol. The fourth-order valence-corrected chi connectivity index (χ4v) is 8.98. The minimum atomic E-state index is -0.795. The molecular weight excluding hydrogens is 693 g/mol. The van der Waals surface area contributed by atoms with E-state index in [9.17, 15) is 19.5 Å². The third-order valence-electron chi connectivity index (χ3n) is 11.1. The van der Waals surface area contributed by atoms with Crippen LogP contribution >= 0.6 is 11.3 Å². The lowest BCUT2D eigenvalue weighted by Gasteiger charge is -2.40. The fourth-order valence-electron chi connectivity index (χ4n) is 8.17. The van der Waals surface area contributed by atoms with Crippen LogP contribution in [0.2, 0.25) is 0 Å². The average Bonchev–Trinajstić information content (AvgIpc) is 3.88. The molecule has 3 aromatic rings. The number of anilines is 1. The second kappa shape index (κ2) is 16.2. The van der Waals surface area contributed by atoms with Gasteiger partial charge in [-0.1, -0.05) is 43.3 Å². The number of carbonyl (C=O) groups excluding carboxylic acids is 3. The number of hydrogen-bond acceptors (Lipinski definition) is 10. The summed E-state index contributed by atoms with van der Waals surface area (Å²) in [5, 5.41) is 18.2. The Hall–Kier alpha value is -3.97. The van der Waals surface area contributed by atoms with Gasteiger partial charge in [-0.15, -0.1) is 11.3 Å². The van der Waals surface area contributed by atoms with Gasteiger partial charge in [0.25, 0.3) is 0 Å². The van der Waals surface area contributed by atoms with E-state index in [1.165, 1.54) is 4.90 Å². The molecule has 13 heteroatoms. The lowest BCUT2D eigenvalue weighted by atomic mass is 9.79. The summed E-state index contributed by atoms with van der Waals surface area (Å²) < 4.78 is 11.4. The number of aromatic nitrogens is 2. The molecule has 0 bridgehead atoms. The zero-order valence-electron chi connectivity index (χ0n) is 32.2. The van der Waals surface area contributed by atoms with Crippen molar-refractivity contribution in [1.82, 2.24) is 25.3 Å². The predicted octanol–water partition coefficient (Wildman–Crippen LogP) is 6.55. The van der Waals surface area contributed by atoms with Gasteiger partial charge in [-0.2, -0.15) is 0 Å². The van der Waals surface area contributed by atoms with Crippen molar-refractivity contribution in [2.75, 3.05) is 37.6 Å². The van der Waals surface area contributed by atoms with Crippen LogP contribution in [0.3, 0.4) is 0 Å². The number of carbonyl (C=O) groups is 3. The van der Waals surface area contributed by atoms with E-state index in [0.29, 0.717) is 17.6 Å². The quantitative estimate of drug-likeness (QED) is 0.249. The second-order valence-electron chi connectivity index (χ2n) is 16.5. The number of hydrogen-bond donors (Lipinski definition) is 2. The van der Waals surface area contributed by atoms with Crippen molar-refractivity contribution in [1.29, 1.82) is 0 Å². The first-order valence-corrected chi connectivity index (χ1v) is 20.0. The molecule has 2 unspecified atom stereocenters. The van der Waals surface area contributed by atoms with Gasteiger partial charge >= 0.3 is 6.09 Å². The van der Waals surface area contributed by atoms with E-state index >= 15 is 0 Å². The number of likely N-dealkylation sites (tertiary alicyclic amines) is 2. The van der Waals surface area contributed by atoms with E-state index in [0.717, 1.165) is 79.4 Å². The number of thiazole rings is 1. The smallest absolute Gasteiger partial charge is 0.410 e. The number of amides is 3. The zero-order chi connectivity index (χ0) is 38.0. The Labute approximate surface area is 317 Å². The number of β-amino-alcohol motifs (C(OH)–C–C–N with tert-alkyl or cyclic N) is 1. The summed E-state index contributed by atoms with van der Waals surface area (Å²) in [7, 11) is 0. The molecule has 6 rings (SSSR count). The van der Waals surface area contributed by atoms with Crippen LogP contribution in [0.1, 0.15) is 103 Å². The largest absolute Gasteiger partial charge is 0.444 e. The van der Waals surface area contributed by atoms with Gasteiger partial charge in [0, 0.05) is 45.2 Å². The molecule has 0 radical (unpaired) electrons. The van der Waals surface area contributed by atoms with Crippen LogP contribution in [-0.4, -0.2) is 93.4 Å². The maximum absolute atomic E-state index is 14.2. The third-order valence-corrected chi connectivity index (χ3v) is 12.1. The molecule has 0 spiro atoms. The molecule has 2 aromatic heterocycles. The normalized spacial score (nSPS) is 21.6. The summed E-state index contributed by atoms with van der Waals surface area (Å²) in [5.41, 5.74) is 4.36. The molecule has 3 amide bonds. The minimum Gasteiger partial charge on any atom is -0.444 e. The molecule has 0 aliphatic carbocycles. The van der Waals surface area contributed by atoms with Gasteiger partial charge in [-0.3, -0.25) is 9.59 Å². The van der Waals surface area contributed by atoms with Crippen LogP contribution in [0, 0.1) is 24.7 Å². The molecule has 1 aromatic carbocycles. The van der Waals surface area contributed by atoms with Gasteiger partial charge in [0.1, 0.15) is 17.6 Å². The topological polar surface area (TPSA) is 141 Å². The zero-order valence-corrected chi connectivity index (χ0v) is 33.0. The first-order valence-electron chi connectivity index (χ1n) is 19.2. The molecule has 0 saturated carbocycles. The van der Waals surface area contributed by atoms with Crippen LogP contribution in [0.5, 0.6) is 0 Å². The number of nitrogens with zero attached hydrogens (tertiary/aromatic N) is 5. The summed E-state index contributed by atoms with van der Waals surface area (Å²) in [5.74, 6) is 1.06. The Morgan fingerprint density at radius 3 is 2.23 bits per heavy atom. The number of piperidine rings is 2. The number of ether oxygens (including phenoxy) is 1. The van der Waals surface area contributed by atoms with Crippen molar-refractivity contribution < 1.29 is 28.8 Å². The SMILES string of the molecule is Cc1ncsc1-c1ccc(C(C)NC(=O)[C@@H]2C[C@@H](O)CN2C(=O)C(c2cc(N3CCC(C4CCN(C(=O)OC(C)(C)C)CC4)CC3)no2)C(C)C)cc1. The van der Waals surface area contributed by atoms with Gasteiger partial charge < -0.3 is 34.4 Å². The van der Waals surface area contributed by atoms with Crippen molar-refractivity contribution in [3.8, 4) is 10.4 Å². The first kappa shape index (κ1) is 38.7. The van der Waals surface area contributed by atoms with E-state index in [2.05, 4.69) is 20.4 Å². The van der Waals surface area contributed by atoms with Crippen molar-refractivity contribution in [3.63, 3.8) is 0 Å². The van der Waals surface area contributed by atoms with Crippen LogP contribution in [-0.2, 0) is 14.3 Å². The lowest BCUT2D eigenvalue weighted by Crippen LogP contribution is -2.48. The maximum atomic E-state index is 14.2. The summed E-state index contributed by atoms with van der Waals surface area (Å²) in [4.78, 5) is 51.5. The minimum absolute atomic E-state index is 0.0859. The van der Waals surface area contributed by atoms with Gasteiger partial charge in [-0.05, 0) is 89.2 Å². The number of aliphatic hydroxyl groups excluding tert-OH is 1. The number of benzene rings is 1. The van der Waals surface area contributed by atoms with E-state index in [1.54, 1.807) is 11.3 Å². The summed E-state index contributed by atoms with van der Waals surface area (Å²) in [6.07, 6.45) is 3.19. The third kappa shape index (κ3) is 9.05. The molecule has 288 valence electrons. The highest BCUT2D eigenvalue weighted by Crippen LogP contribution is 2.37. The Morgan fingerprint density at radius 1 is 1.00 bits per heavy atom. The van der Waals surface area contributed by atoms with E-state index in [1.807, 2.05) is 89.2 Å². The van der Waals surface area contributed by atoms with Gasteiger partial charge in [0.15, 0.2) is 11.6 Å². The summed E-state index contributed by atoms with van der Waals surface area (Å²) >= 11 is 1.60. The number of rotatable bonds is 9. The Morgan fingerprint density at radius 2 is 1.64 bits per heavy atom. The molecule has 12 nitrogen and oxygen atoms in total. The fraction of sp³-hybridized carbons (Fsp3) is 0.625. The molecule has 4 atom stereocenters. The van der Waals surface area contributed by atoms with Gasteiger partial charge in [0.2, 0.25) is 11.8 Å². The molecular formula is C40H56N6O6S. The molecule has 3 saturated heterocycles. The van der Waals surface area contributed by atoms with Crippen LogP contribution in [0.15, 0.2) is 40.4 Å². The van der Waals surface area contributed by atoms with Crippen LogP contribution in [0.25, 0.3) is 10.4 Å². The Kier molecular flexibility index (Phi) is 11.8. The van der Waals surface area contributed by atoms with E-state index in [4.69, 9.17) is 9.26 Å². The van der Waals surface area contributed by atoms with Crippen LogP contribution < -0.4 is 10.2 Å². The Balaban J connectivity index is 1.04. The van der Waals surface area contributed by atoms with E-state index in [-0.39, 0.29) is 42.8 Å². The van der Waals surface area contributed by atoms with Gasteiger partial charge in [0.05, 0.1) is 28.2 Å². The highest BCUT2D eigenvalue weighted by molar-refractivity contribution is 7.13. The molecule has 5 heterocycles. The number of nitrogens with one attached hydrogen (secondary N) is 1. The standard InChI is InChI=1S/C40H56N6O6S/c1-24(2)35(33-21-34(43-52-33)44-16-12-28(13-17-44)29-14-18-45(19-15-29)39(50)51-40(5,6)7)38(49)46-22-31(47)20-32(46)37(48)42-25(3)27-8-10-30(11-9-27)36-26(4)41-23-53-36/h8-11,21,23-25,28-29,31-32,35,47H,12-20,22H2,1-7H3,(H,42,48)/t25?,31-,32+,35?/m1/s1. The van der Waals surface area contributed by atoms with Crippen LogP contribution in [0.4, 0.5) is 10.6 Å². The molecule has 53 heavy (non-hydrogen) atoms. The molecule has 3 fully saturated rings. The lowest BCUT2D eigenvalue weighted by molar-refractivity contribution is -0.141. The van der Waals surface area contributed by atoms with Crippen molar-refractivity contribution in [2.45, 2.75) is 110 Å². The van der Waals surface area contributed by atoms with Crippen molar-refractivity contribution in [3.05, 3.63) is 52.9 Å². The second-order valence-corrected chi connectivity index (χ2v) is 17.3. The molecule has 3 aliphatic heterocycles. The molecule has 2 N–H and O–H groups in total. The van der Waals surface area contributed by atoms with Crippen molar-refractivity contribution >= 4 is 35.1 Å². The van der Waals surface area contributed by atoms with E-state index < -0.39 is 23.7 Å². The van der Waals surface area contributed by atoms with Crippen molar-refractivity contribution in [2.24, 2.45) is 17.8 Å². The number of aryl methyl sites for hydroxylation is 1. The summed E-state index contributed by atoms with van der Waals surface area (Å²) in [6.45, 7) is 16.8. The van der Waals surface area contributed by atoms with Gasteiger partial charge in [-0.25, -0.2) is 9.78 Å².